The molecule has 8 nitrogen and oxygen atoms in total. The molecule has 0 unspecified atom stereocenters. The van der Waals surface area contributed by atoms with Crippen LogP contribution in [0.15, 0.2) is 54.6 Å². The topological polar surface area (TPSA) is 96.6 Å². The van der Waals surface area contributed by atoms with Gasteiger partial charge in [-0.15, -0.1) is 0 Å². The molecule has 0 radical (unpaired) electrons. The quantitative estimate of drug-likeness (QED) is 0.584. The van der Waals surface area contributed by atoms with E-state index in [1.165, 1.54) is 7.11 Å². The van der Waals surface area contributed by atoms with E-state index in [2.05, 4.69) is 21.6 Å². The molecule has 1 aliphatic heterocycles. The van der Waals surface area contributed by atoms with Gasteiger partial charge in [-0.1, -0.05) is 18.2 Å². The van der Waals surface area contributed by atoms with E-state index in [1.807, 2.05) is 24.3 Å². The van der Waals surface area contributed by atoms with E-state index in [0.29, 0.717) is 30.3 Å². The third-order valence-electron chi connectivity index (χ3n) is 5.72. The Bertz CT molecular complexity index is 1100. The summed E-state index contributed by atoms with van der Waals surface area (Å²) in [5.41, 5.74) is 3.92. The summed E-state index contributed by atoms with van der Waals surface area (Å²) in [6.07, 6.45) is 1.69. The first kappa shape index (κ1) is 21.4. The number of rotatable bonds is 5. The van der Waals surface area contributed by atoms with Crippen molar-refractivity contribution in [2.24, 2.45) is 0 Å². The average molecular weight is 434 g/mol. The van der Waals surface area contributed by atoms with E-state index < -0.39 is 5.97 Å². The lowest BCUT2D eigenvalue weighted by Crippen LogP contribution is -2.40. The monoisotopic (exact) mass is 434 g/mol. The summed E-state index contributed by atoms with van der Waals surface area (Å²) in [5.74, 6) is 0.673. The number of ether oxygens (including phenoxy) is 2. The van der Waals surface area contributed by atoms with Crippen LogP contribution in [0.1, 0.15) is 34.8 Å². The fraction of sp³-hybridized carbons (Fsp3) is 0.292. The summed E-state index contributed by atoms with van der Waals surface area (Å²) in [6, 6.07) is 16.4. The Hall–Kier alpha value is -3.81. The molecule has 2 N–H and O–H groups in total. The van der Waals surface area contributed by atoms with Crippen molar-refractivity contribution in [1.29, 1.82) is 0 Å². The van der Waals surface area contributed by atoms with Gasteiger partial charge in [0, 0.05) is 36.0 Å². The van der Waals surface area contributed by atoms with Crippen LogP contribution in [-0.4, -0.2) is 54.4 Å². The number of piperidine rings is 1. The van der Waals surface area contributed by atoms with Crippen molar-refractivity contribution in [2.45, 2.75) is 18.8 Å². The highest BCUT2D eigenvalue weighted by atomic mass is 16.5. The van der Waals surface area contributed by atoms with Gasteiger partial charge in [-0.25, -0.2) is 9.59 Å². The molecule has 3 aromatic rings. The highest BCUT2D eigenvalue weighted by Crippen LogP contribution is 2.30. The maximum atomic E-state index is 12.7. The maximum Gasteiger partial charge on any atom is 0.337 e. The first-order chi connectivity index (χ1) is 15.6. The average Bonchev–Trinajstić information content (AvgIpc) is 3.34. The second-order valence-electron chi connectivity index (χ2n) is 7.70. The van der Waals surface area contributed by atoms with Crippen LogP contribution in [0.3, 0.4) is 0 Å². The van der Waals surface area contributed by atoms with Gasteiger partial charge in [0.1, 0.15) is 5.75 Å². The minimum Gasteiger partial charge on any atom is -0.497 e. The van der Waals surface area contributed by atoms with Crippen LogP contribution in [0.4, 0.5) is 10.5 Å². The molecule has 4 rings (SSSR count). The van der Waals surface area contributed by atoms with Gasteiger partial charge in [0.2, 0.25) is 0 Å². The SMILES string of the molecule is COC(=O)c1cccc(NC(=O)N2CCC(c3cc(-c4cccc(OC)c4)n[nH]3)CC2)c1. The van der Waals surface area contributed by atoms with Crippen molar-refractivity contribution in [3.63, 3.8) is 0 Å². The molecule has 0 atom stereocenters. The fourth-order valence-corrected chi connectivity index (χ4v) is 3.91. The number of esters is 1. The predicted octanol–water partition coefficient (Wildman–Crippen LogP) is 4.28. The molecule has 1 saturated heterocycles. The number of aromatic amines is 1. The smallest absolute Gasteiger partial charge is 0.337 e. The van der Waals surface area contributed by atoms with Crippen LogP contribution in [0.2, 0.25) is 0 Å². The zero-order valence-electron chi connectivity index (χ0n) is 18.1. The zero-order chi connectivity index (χ0) is 22.5. The second-order valence-corrected chi connectivity index (χ2v) is 7.70. The second kappa shape index (κ2) is 9.55. The third-order valence-corrected chi connectivity index (χ3v) is 5.72. The van der Waals surface area contributed by atoms with Crippen LogP contribution in [-0.2, 0) is 4.74 Å². The van der Waals surface area contributed by atoms with Crippen LogP contribution >= 0.6 is 0 Å². The highest BCUT2D eigenvalue weighted by molar-refractivity contribution is 5.93. The van der Waals surface area contributed by atoms with E-state index in [1.54, 1.807) is 36.3 Å². The normalized spacial score (nSPS) is 14.1. The lowest BCUT2D eigenvalue weighted by atomic mass is 9.93. The standard InChI is InChI=1S/C24H26N4O4/c1-31-20-8-4-5-17(14-20)22-15-21(26-27-22)16-9-11-28(12-10-16)24(30)25-19-7-3-6-18(13-19)23(29)32-2/h3-8,13-16H,9-12H2,1-2H3,(H,25,30)(H,26,27). The number of urea groups is 1. The number of carbonyl (C=O) groups is 2. The molecule has 0 aliphatic carbocycles. The summed E-state index contributed by atoms with van der Waals surface area (Å²) < 4.78 is 10.0. The van der Waals surface area contributed by atoms with Gasteiger partial charge in [-0.05, 0) is 49.2 Å². The third kappa shape index (κ3) is 4.74. The lowest BCUT2D eigenvalue weighted by Gasteiger charge is -2.31. The van der Waals surface area contributed by atoms with E-state index >= 15 is 0 Å². The van der Waals surface area contributed by atoms with E-state index in [9.17, 15) is 9.59 Å². The van der Waals surface area contributed by atoms with Gasteiger partial charge in [-0.2, -0.15) is 5.10 Å². The Morgan fingerprint density at radius 1 is 1.06 bits per heavy atom. The van der Waals surface area contributed by atoms with Gasteiger partial charge >= 0.3 is 12.0 Å². The molecule has 0 bridgehead atoms. The largest absolute Gasteiger partial charge is 0.497 e. The number of H-pyrrole nitrogens is 1. The van der Waals surface area contributed by atoms with Crippen molar-refractivity contribution in [1.82, 2.24) is 15.1 Å². The number of carbonyl (C=O) groups excluding carboxylic acids is 2. The van der Waals surface area contributed by atoms with Crippen LogP contribution in [0.25, 0.3) is 11.3 Å². The predicted molar refractivity (Wildman–Crippen MR) is 121 cm³/mol. The zero-order valence-corrected chi connectivity index (χ0v) is 18.1. The number of likely N-dealkylation sites (tertiary alicyclic amines) is 1. The van der Waals surface area contributed by atoms with E-state index in [4.69, 9.17) is 9.47 Å². The lowest BCUT2D eigenvalue weighted by molar-refractivity contribution is 0.0600. The summed E-state index contributed by atoms with van der Waals surface area (Å²) in [6.45, 7) is 1.28. The minimum atomic E-state index is -0.435. The number of aromatic nitrogens is 2. The number of nitrogens with zero attached hydrogens (tertiary/aromatic N) is 2. The number of benzene rings is 2. The maximum absolute atomic E-state index is 12.7. The molecule has 166 valence electrons. The number of hydrogen-bond donors (Lipinski definition) is 2. The Labute approximate surface area is 186 Å². The van der Waals surface area contributed by atoms with Gasteiger partial charge in [-0.3, -0.25) is 5.10 Å². The molecule has 2 amide bonds. The van der Waals surface area contributed by atoms with Gasteiger partial charge in [0.15, 0.2) is 0 Å². The van der Waals surface area contributed by atoms with Crippen molar-refractivity contribution in [3.8, 4) is 17.0 Å². The van der Waals surface area contributed by atoms with Gasteiger partial charge in [0.05, 0.1) is 25.5 Å². The molecule has 0 spiro atoms. The molecular weight excluding hydrogens is 408 g/mol. The summed E-state index contributed by atoms with van der Waals surface area (Å²) in [5, 5.41) is 10.5. The van der Waals surface area contributed by atoms with Gasteiger partial charge < -0.3 is 19.7 Å². The molecule has 2 heterocycles. The molecule has 1 aliphatic rings. The minimum absolute atomic E-state index is 0.174. The van der Waals surface area contributed by atoms with Crippen molar-refractivity contribution >= 4 is 17.7 Å². The summed E-state index contributed by atoms with van der Waals surface area (Å²) in [4.78, 5) is 26.2. The highest BCUT2D eigenvalue weighted by Gasteiger charge is 2.25. The molecule has 1 fully saturated rings. The Morgan fingerprint density at radius 2 is 1.84 bits per heavy atom. The van der Waals surface area contributed by atoms with Crippen LogP contribution < -0.4 is 10.1 Å². The van der Waals surface area contributed by atoms with E-state index in [-0.39, 0.29) is 6.03 Å². The molecule has 2 aromatic carbocycles. The fourth-order valence-electron chi connectivity index (χ4n) is 3.91. The van der Waals surface area contributed by atoms with Crippen molar-refractivity contribution in [3.05, 3.63) is 65.9 Å². The first-order valence-electron chi connectivity index (χ1n) is 10.5. The van der Waals surface area contributed by atoms with Crippen molar-refractivity contribution < 1.29 is 19.1 Å². The molecular formula is C24H26N4O4. The van der Waals surface area contributed by atoms with E-state index in [0.717, 1.165) is 35.5 Å². The number of hydrogen-bond acceptors (Lipinski definition) is 5. The van der Waals surface area contributed by atoms with Crippen LogP contribution in [0.5, 0.6) is 5.75 Å². The number of nitrogens with one attached hydrogen (secondary N) is 2. The molecule has 1 aromatic heterocycles. The first-order valence-corrected chi connectivity index (χ1v) is 10.5. The Kier molecular flexibility index (Phi) is 6.39. The Balaban J connectivity index is 1.35. The Morgan fingerprint density at radius 3 is 2.59 bits per heavy atom. The number of anilines is 1. The molecule has 32 heavy (non-hydrogen) atoms. The van der Waals surface area contributed by atoms with Gasteiger partial charge in [0.25, 0.3) is 0 Å². The number of amides is 2. The molecule has 0 saturated carbocycles. The summed E-state index contributed by atoms with van der Waals surface area (Å²) >= 11 is 0. The molecule has 8 heteroatoms. The van der Waals surface area contributed by atoms with Crippen molar-refractivity contribution in [2.75, 3.05) is 32.6 Å². The van der Waals surface area contributed by atoms with Crippen LogP contribution in [0, 0.1) is 0 Å². The summed E-state index contributed by atoms with van der Waals surface area (Å²) in [7, 11) is 2.98. The number of methoxy groups -OCH3 is 2.